The van der Waals surface area contributed by atoms with Gasteiger partial charge in [-0.3, -0.25) is 19.2 Å². The number of thioether (sulfide) groups is 2. The van der Waals surface area contributed by atoms with Crippen molar-refractivity contribution in [2.75, 3.05) is 5.75 Å². The highest BCUT2D eigenvalue weighted by Gasteiger charge is 2.16. The average molecular weight is 419 g/mol. The summed E-state index contributed by atoms with van der Waals surface area (Å²) in [5, 5.41) is 0.571. The molecule has 0 saturated carbocycles. The van der Waals surface area contributed by atoms with Crippen LogP contribution in [0.15, 0.2) is 0 Å². The normalized spacial score (nSPS) is 11.8. The van der Waals surface area contributed by atoms with Gasteiger partial charge in [-0.05, 0) is 38.5 Å². The van der Waals surface area contributed by atoms with Crippen molar-refractivity contribution in [1.29, 1.82) is 0 Å². The Balaban J connectivity index is 4.21. The lowest BCUT2D eigenvalue weighted by atomic mass is 10.1. The molecule has 0 aliphatic heterocycles. The molecular weight excluding hydrogens is 384 g/mol. The van der Waals surface area contributed by atoms with Crippen LogP contribution in [0.5, 0.6) is 0 Å². The largest absolute Gasteiger partial charge is 0.393 e. The second kappa shape index (κ2) is 17.3. The third kappa shape index (κ3) is 15.9. The van der Waals surface area contributed by atoms with Gasteiger partial charge in [-0.15, -0.1) is 0 Å². The minimum atomic E-state index is -0.472. The Kier molecular flexibility index (Phi) is 16.8. The van der Waals surface area contributed by atoms with Crippen LogP contribution in [0.1, 0.15) is 91.4 Å². The van der Waals surface area contributed by atoms with Crippen molar-refractivity contribution in [3.63, 3.8) is 0 Å². The summed E-state index contributed by atoms with van der Waals surface area (Å²) in [4.78, 5) is 46.5. The molecule has 0 aromatic heterocycles. The molecule has 0 heterocycles. The summed E-state index contributed by atoms with van der Waals surface area (Å²) in [6, 6.07) is 0. The number of hydrogen-bond acceptors (Lipinski definition) is 7. The first kappa shape index (κ1) is 26.2. The summed E-state index contributed by atoms with van der Waals surface area (Å²) in [6.45, 7) is 5.83. The SMILES string of the molecule is CCCC(=O)OC(=O)CCCCC(CCSC(=O)CCC)SC(=O)CCC. The molecule has 0 N–H and O–H groups in total. The Hall–Kier alpha value is -0.820. The molecule has 0 spiro atoms. The zero-order chi connectivity index (χ0) is 20.5. The molecule has 0 aromatic rings. The van der Waals surface area contributed by atoms with Crippen molar-refractivity contribution in [2.45, 2.75) is 96.7 Å². The first-order valence-electron chi connectivity index (χ1n) is 10.0. The van der Waals surface area contributed by atoms with E-state index in [0.717, 1.165) is 37.9 Å². The van der Waals surface area contributed by atoms with Crippen molar-refractivity contribution in [3.05, 3.63) is 0 Å². The van der Waals surface area contributed by atoms with Gasteiger partial charge in [0.2, 0.25) is 0 Å². The highest BCUT2D eigenvalue weighted by molar-refractivity contribution is 8.14. The number of hydrogen-bond donors (Lipinski definition) is 0. The Bertz CT molecular complexity index is 465. The Morgan fingerprint density at radius 1 is 0.741 bits per heavy atom. The molecule has 0 aromatic carbocycles. The Morgan fingerprint density at radius 2 is 1.33 bits per heavy atom. The maximum absolute atomic E-state index is 12.0. The second-order valence-corrected chi connectivity index (χ2v) is 8.97. The van der Waals surface area contributed by atoms with E-state index >= 15 is 0 Å². The highest BCUT2D eigenvalue weighted by atomic mass is 32.2. The van der Waals surface area contributed by atoms with Crippen LogP contribution in [0, 0.1) is 0 Å². The van der Waals surface area contributed by atoms with Crippen molar-refractivity contribution in [3.8, 4) is 0 Å². The highest BCUT2D eigenvalue weighted by Crippen LogP contribution is 2.26. The van der Waals surface area contributed by atoms with Crippen LogP contribution in [-0.4, -0.2) is 33.2 Å². The lowest BCUT2D eigenvalue weighted by Gasteiger charge is -2.15. The van der Waals surface area contributed by atoms with Crippen molar-refractivity contribution >= 4 is 45.7 Å². The van der Waals surface area contributed by atoms with Crippen LogP contribution in [0.25, 0.3) is 0 Å². The summed E-state index contributed by atoms with van der Waals surface area (Å²) in [5.41, 5.74) is 0. The lowest BCUT2D eigenvalue weighted by molar-refractivity contribution is -0.159. The van der Waals surface area contributed by atoms with Gasteiger partial charge in [-0.25, -0.2) is 0 Å². The quantitative estimate of drug-likeness (QED) is 0.203. The first-order valence-corrected chi connectivity index (χ1v) is 11.9. The third-order valence-corrected chi connectivity index (χ3v) is 5.99. The third-order valence-electron chi connectivity index (χ3n) is 3.75. The average Bonchev–Trinajstić information content (AvgIpc) is 2.59. The predicted octanol–water partition coefficient (Wildman–Crippen LogP) is 5.30. The first-order chi connectivity index (χ1) is 12.9. The molecule has 1 atom stereocenters. The van der Waals surface area contributed by atoms with Gasteiger partial charge in [0.1, 0.15) is 0 Å². The van der Waals surface area contributed by atoms with Gasteiger partial charge in [0, 0.05) is 36.7 Å². The minimum absolute atomic E-state index is 0.170. The summed E-state index contributed by atoms with van der Waals surface area (Å²) in [5.74, 6) is -0.209. The van der Waals surface area contributed by atoms with Gasteiger partial charge < -0.3 is 4.74 Å². The molecule has 0 amide bonds. The number of ether oxygens (including phenoxy) is 1. The molecule has 0 saturated heterocycles. The smallest absolute Gasteiger partial charge is 0.313 e. The number of unbranched alkanes of at least 4 members (excludes halogenated alkanes) is 1. The summed E-state index contributed by atoms with van der Waals surface area (Å²) in [6.07, 6.45) is 7.05. The van der Waals surface area contributed by atoms with E-state index in [9.17, 15) is 19.2 Å². The molecule has 0 rings (SSSR count). The van der Waals surface area contributed by atoms with Gasteiger partial charge in [0.25, 0.3) is 0 Å². The maximum atomic E-state index is 12.0. The molecule has 0 radical (unpaired) electrons. The molecule has 5 nitrogen and oxygen atoms in total. The van der Waals surface area contributed by atoms with Gasteiger partial charge in [-0.1, -0.05) is 50.7 Å². The number of esters is 2. The number of rotatable bonds is 15. The fraction of sp³-hybridized carbons (Fsp3) is 0.800. The molecule has 27 heavy (non-hydrogen) atoms. The predicted molar refractivity (Wildman–Crippen MR) is 113 cm³/mol. The van der Waals surface area contributed by atoms with E-state index in [1.54, 1.807) is 0 Å². The molecule has 7 heteroatoms. The Morgan fingerprint density at radius 3 is 1.96 bits per heavy atom. The fourth-order valence-electron chi connectivity index (χ4n) is 2.37. The maximum Gasteiger partial charge on any atom is 0.313 e. The van der Waals surface area contributed by atoms with Gasteiger partial charge in [0.15, 0.2) is 10.2 Å². The molecule has 0 bridgehead atoms. The molecular formula is C20H34O5S2. The van der Waals surface area contributed by atoms with E-state index in [0.29, 0.717) is 25.7 Å². The topological polar surface area (TPSA) is 77.5 Å². The summed E-state index contributed by atoms with van der Waals surface area (Å²) < 4.78 is 4.73. The van der Waals surface area contributed by atoms with Crippen LogP contribution in [0.4, 0.5) is 0 Å². The van der Waals surface area contributed by atoms with E-state index in [1.165, 1.54) is 23.5 Å². The molecule has 0 aliphatic carbocycles. The molecule has 0 fully saturated rings. The summed E-state index contributed by atoms with van der Waals surface area (Å²) in [7, 11) is 0. The zero-order valence-electron chi connectivity index (χ0n) is 16.9. The van der Waals surface area contributed by atoms with Crippen molar-refractivity contribution in [2.24, 2.45) is 0 Å². The van der Waals surface area contributed by atoms with Crippen molar-refractivity contribution in [1.82, 2.24) is 0 Å². The van der Waals surface area contributed by atoms with E-state index in [4.69, 9.17) is 4.74 Å². The molecule has 156 valence electrons. The number of carbonyl (C=O) groups is 4. The summed E-state index contributed by atoms with van der Waals surface area (Å²) >= 11 is 2.73. The number of carbonyl (C=O) groups excluding carboxylic acids is 4. The van der Waals surface area contributed by atoms with E-state index in [1.807, 2.05) is 20.8 Å². The lowest BCUT2D eigenvalue weighted by Crippen LogP contribution is -2.12. The van der Waals surface area contributed by atoms with Gasteiger partial charge in [-0.2, -0.15) is 0 Å². The molecule has 0 aliphatic rings. The standard InChI is InChI=1S/C20H34O5S2/c1-4-9-17(21)25-18(22)13-8-7-12-16(27-20(24)11-6-3)14-15-26-19(23)10-5-2/h16H,4-15H2,1-3H3. The van der Waals surface area contributed by atoms with Crippen LogP contribution < -0.4 is 0 Å². The van der Waals surface area contributed by atoms with Crippen molar-refractivity contribution < 1.29 is 23.9 Å². The van der Waals surface area contributed by atoms with Crippen LogP contribution >= 0.6 is 23.5 Å². The second-order valence-electron chi connectivity index (χ2n) is 6.46. The van der Waals surface area contributed by atoms with Crippen LogP contribution in [0.2, 0.25) is 0 Å². The fourth-order valence-corrected chi connectivity index (χ4v) is 4.71. The van der Waals surface area contributed by atoms with E-state index < -0.39 is 11.9 Å². The molecule has 1 unspecified atom stereocenters. The monoisotopic (exact) mass is 418 g/mol. The van der Waals surface area contributed by atoms with E-state index in [2.05, 4.69) is 0 Å². The van der Waals surface area contributed by atoms with E-state index in [-0.39, 0.29) is 28.3 Å². The minimum Gasteiger partial charge on any atom is -0.393 e. The van der Waals surface area contributed by atoms with Crippen LogP contribution in [-0.2, 0) is 23.9 Å². The van der Waals surface area contributed by atoms with Gasteiger partial charge >= 0.3 is 11.9 Å². The van der Waals surface area contributed by atoms with Crippen LogP contribution in [0.3, 0.4) is 0 Å². The van der Waals surface area contributed by atoms with Gasteiger partial charge in [0.05, 0.1) is 0 Å². The zero-order valence-corrected chi connectivity index (χ0v) is 18.6. The Labute approximate surface area is 172 Å².